The van der Waals surface area contributed by atoms with E-state index in [2.05, 4.69) is 13.8 Å². The Balaban J connectivity index is 1.35. The molecule has 0 aromatic carbocycles. The van der Waals surface area contributed by atoms with Crippen LogP contribution in [0.5, 0.6) is 0 Å². The van der Waals surface area contributed by atoms with E-state index in [0.29, 0.717) is 50.5 Å². The maximum absolute atomic E-state index is 13.9. The number of ether oxygens (including phenoxy) is 1. The number of methoxy groups -OCH3 is 1. The van der Waals surface area contributed by atoms with Crippen LogP contribution in [-0.2, 0) is 25.7 Å². The number of amides is 3. The predicted octanol–water partition coefficient (Wildman–Crippen LogP) is 3.46. The smallest absolute Gasteiger partial charge is 0.317 e. The molecule has 3 aliphatic rings. The minimum absolute atomic E-state index is 0.0218. The predicted molar refractivity (Wildman–Crippen MR) is 139 cm³/mol. The third-order valence-electron chi connectivity index (χ3n) is 8.16. The van der Waals surface area contributed by atoms with Gasteiger partial charge in [-0.15, -0.1) is 0 Å². The third kappa shape index (κ3) is 5.12. The average Bonchev–Trinajstić information content (AvgIpc) is 3.64. The molecule has 2 atom stereocenters. The van der Waals surface area contributed by atoms with Crippen LogP contribution < -0.4 is 0 Å². The van der Waals surface area contributed by atoms with E-state index < -0.39 is 11.3 Å². The molecule has 4 heterocycles. The van der Waals surface area contributed by atoms with E-state index in [-0.39, 0.29) is 54.3 Å². The first-order valence-corrected chi connectivity index (χ1v) is 13.4. The van der Waals surface area contributed by atoms with Crippen LogP contribution in [0.2, 0.25) is 0 Å². The molecule has 2 fully saturated rings. The molecule has 2 aliphatic heterocycles. The highest BCUT2D eigenvalue weighted by atomic mass is 16.5. The number of carbonyl (C=O) groups is 4. The lowest BCUT2D eigenvalue weighted by molar-refractivity contribution is -0.163. The van der Waals surface area contributed by atoms with E-state index in [4.69, 9.17) is 13.6 Å². The molecule has 0 bridgehead atoms. The Labute approximate surface area is 227 Å². The number of esters is 1. The van der Waals surface area contributed by atoms with Crippen LogP contribution in [0.25, 0.3) is 0 Å². The van der Waals surface area contributed by atoms with Gasteiger partial charge in [-0.05, 0) is 48.9 Å². The Morgan fingerprint density at radius 3 is 2.36 bits per heavy atom. The number of likely N-dealkylation sites (tertiary alicyclic amines) is 1. The maximum atomic E-state index is 13.9. The maximum Gasteiger partial charge on any atom is 0.317 e. The lowest BCUT2D eigenvalue weighted by Crippen LogP contribution is -2.56. The molecule has 0 radical (unpaired) electrons. The first-order chi connectivity index (χ1) is 18.6. The highest BCUT2D eigenvalue weighted by molar-refractivity contribution is 5.93. The van der Waals surface area contributed by atoms with E-state index in [1.807, 2.05) is 6.08 Å². The molecule has 0 spiro atoms. The monoisotopic (exact) mass is 537 g/mol. The Hall–Kier alpha value is -3.82. The first kappa shape index (κ1) is 26.8. The fraction of sp³-hybridized carbons (Fsp3) is 0.517. The zero-order valence-corrected chi connectivity index (χ0v) is 22.7. The summed E-state index contributed by atoms with van der Waals surface area (Å²) in [7, 11) is 1.37. The van der Waals surface area contributed by atoms with Gasteiger partial charge in [-0.1, -0.05) is 19.9 Å². The average molecular weight is 538 g/mol. The van der Waals surface area contributed by atoms with Gasteiger partial charge >= 0.3 is 5.97 Å². The largest absolute Gasteiger partial charge is 0.468 e. The Bertz CT molecular complexity index is 1260. The number of hydrogen-bond acceptors (Lipinski definition) is 7. The van der Waals surface area contributed by atoms with Gasteiger partial charge in [0.25, 0.3) is 5.91 Å². The van der Waals surface area contributed by atoms with Crippen LogP contribution in [0.15, 0.2) is 57.4 Å². The minimum atomic E-state index is -1.03. The number of allylic oxidation sites excluding steroid dienone is 1. The lowest BCUT2D eigenvalue weighted by Gasteiger charge is -2.51. The van der Waals surface area contributed by atoms with Gasteiger partial charge in [0, 0.05) is 44.2 Å². The molecule has 208 valence electrons. The normalized spacial score (nSPS) is 24.7. The van der Waals surface area contributed by atoms with Gasteiger partial charge < -0.3 is 28.3 Å². The molecule has 1 aliphatic carbocycles. The minimum Gasteiger partial charge on any atom is -0.468 e. The number of rotatable bonds is 6. The summed E-state index contributed by atoms with van der Waals surface area (Å²) in [5.41, 5.74) is -0.570. The van der Waals surface area contributed by atoms with Gasteiger partial charge in [0.2, 0.25) is 11.8 Å². The molecule has 39 heavy (non-hydrogen) atoms. The number of piperazine rings is 1. The SMILES string of the molecule is COC(=O)[C@@]12C[C@@H](CC(=O)N3CCN(C(=O)c4ccco4)CC3)C(=O)N(Cc3ccco3)C1=CCC(C)(C)C2. The summed E-state index contributed by atoms with van der Waals surface area (Å²) in [4.78, 5) is 58.3. The second-order valence-electron chi connectivity index (χ2n) is 11.5. The summed E-state index contributed by atoms with van der Waals surface area (Å²) in [6.07, 6.45) is 6.41. The highest BCUT2D eigenvalue weighted by Gasteiger charge is 2.57. The van der Waals surface area contributed by atoms with E-state index in [9.17, 15) is 19.2 Å². The Morgan fingerprint density at radius 1 is 1.03 bits per heavy atom. The summed E-state index contributed by atoms with van der Waals surface area (Å²) < 4.78 is 16.1. The quantitative estimate of drug-likeness (QED) is 0.519. The zero-order chi connectivity index (χ0) is 27.8. The topological polar surface area (TPSA) is 114 Å². The van der Waals surface area contributed by atoms with Crippen molar-refractivity contribution in [1.29, 1.82) is 0 Å². The van der Waals surface area contributed by atoms with Crippen molar-refractivity contribution in [2.24, 2.45) is 16.7 Å². The molecule has 0 unspecified atom stereocenters. The van der Waals surface area contributed by atoms with E-state index in [0.717, 1.165) is 0 Å². The summed E-state index contributed by atoms with van der Waals surface area (Å²) in [6, 6.07) is 6.83. The zero-order valence-electron chi connectivity index (χ0n) is 22.7. The summed E-state index contributed by atoms with van der Waals surface area (Å²) in [5.74, 6) is -0.789. The number of fused-ring (bicyclic) bond motifs is 1. The molecule has 2 saturated heterocycles. The van der Waals surface area contributed by atoms with Gasteiger partial charge in [-0.2, -0.15) is 0 Å². The Kier molecular flexibility index (Phi) is 7.13. The number of nitrogens with zero attached hydrogens (tertiary/aromatic N) is 3. The molecule has 2 aromatic rings. The summed E-state index contributed by atoms with van der Waals surface area (Å²) in [6.45, 7) is 5.85. The van der Waals surface area contributed by atoms with Gasteiger partial charge in [0.15, 0.2) is 5.76 Å². The second kappa shape index (κ2) is 10.4. The summed E-state index contributed by atoms with van der Waals surface area (Å²) in [5, 5.41) is 0. The van der Waals surface area contributed by atoms with Crippen LogP contribution in [0, 0.1) is 16.7 Å². The summed E-state index contributed by atoms with van der Waals surface area (Å²) >= 11 is 0. The van der Waals surface area contributed by atoms with Gasteiger partial charge in [0.1, 0.15) is 11.2 Å². The third-order valence-corrected chi connectivity index (χ3v) is 8.16. The van der Waals surface area contributed by atoms with Crippen molar-refractivity contribution < 1.29 is 32.7 Å². The second-order valence-corrected chi connectivity index (χ2v) is 11.5. The van der Waals surface area contributed by atoms with Gasteiger partial charge in [-0.25, -0.2) is 0 Å². The number of furan rings is 2. The van der Waals surface area contributed by atoms with Crippen molar-refractivity contribution in [3.63, 3.8) is 0 Å². The molecular formula is C29H35N3O7. The molecule has 0 N–H and O–H groups in total. The lowest BCUT2D eigenvalue weighted by atomic mass is 9.59. The molecular weight excluding hydrogens is 502 g/mol. The van der Waals surface area contributed by atoms with Crippen molar-refractivity contribution in [1.82, 2.24) is 14.7 Å². The van der Waals surface area contributed by atoms with Crippen molar-refractivity contribution in [2.45, 2.75) is 46.1 Å². The molecule has 5 rings (SSSR count). The standard InChI is InChI=1S/C29H35N3O7/c1-28(2)9-8-23-29(19-28,27(36)37-3)17-20(25(34)32(23)18-21-6-4-14-38-21)16-24(33)30-10-12-31(13-11-30)26(35)22-7-5-15-39-22/h4-8,14-15,20H,9-13,16-19H2,1-3H3/t20-,29-/m1/s1. The molecule has 0 saturated carbocycles. The van der Waals surface area contributed by atoms with E-state index in [1.165, 1.54) is 13.4 Å². The fourth-order valence-corrected chi connectivity index (χ4v) is 6.33. The van der Waals surface area contributed by atoms with Crippen LogP contribution in [-0.4, -0.2) is 71.7 Å². The Morgan fingerprint density at radius 2 is 1.72 bits per heavy atom. The van der Waals surface area contributed by atoms with E-state index in [1.54, 1.807) is 45.2 Å². The molecule has 2 aromatic heterocycles. The van der Waals surface area contributed by atoms with E-state index >= 15 is 0 Å². The molecule has 10 heteroatoms. The number of hydrogen-bond donors (Lipinski definition) is 0. The molecule has 10 nitrogen and oxygen atoms in total. The highest BCUT2D eigenvalue weighted by Crippen LogP contribution is 2.55. The van der Waals surface area contributed by atoms with Gasteiger partial charge in [-0.3, -0.25) is 19.2 Å². The van der Waals surface area contributed by atoms with Crippen LogP contribution in [0.4, 0.5) is 0 Å². The fourth-order valence-electron chi connectivity index (χ4n) is 6.33. The van der Waals surface area contributed by atoms with Crippen LogP contribution in [0.3, 0.4) is 0 Å². The van der Waals surface area contributed by atoms with Gasteiger partial charge in [0.05, 0.1) is 26.2 Å². The van der Waals surface area contributed by atoms with Crippen molar-refractivity contribution in [3.05, 3.63) is 60.1 Å². The van der Waals surface area contributed by atoms with Crippen LogP contribution in [0.1, 0.15) is 55.8 Å². The van der Waals surface area contributed by atoms with Crippen molar-refractivity contribution >= 4 is 23.7 Å². The number of carbonyl (C=O) groups excluding carboxylic acids is 4. The number of piperidine rings is 1. The van der Waals surface area contributed by atoms with Crippen molar-refractivity contribution in [2.75, 3.05) is 33.3 Å². The first-order valence-electron chi connectivity index (χ1n) is 13.4. The molecule has 3 amide bonds. The van der Waals surface area contributed by atoms with Crippen molar-refractivity contribution in [3.8, 4) is 0 Å². The van der Waals surface area contributed by atoms with Crippen LogP contribution >= 0.6 is 0 Å².